The molecule has 3 fully saturated rings. The predicted octanol–water partition coefficient (Wildman–Crippen LogP) is 1.67. The van der Waals surface area contributed by atoms with E-state index in [1.807, 2.05) is 37.4 Å². The van der Waals surface area contributed by atoms with Crippen LogP contribution in [0.15, 0.2) is 30.3 Å². The number of nitrogens with zero attached hydrogens (tertiary/aromatic N) is 3. The van der Waals surface area contributed by atoms with Crippen molar-refractivity contribution in [2.24, 2.45) is 5.41 Å². The average Bonchev–Trinajstić information content (AvgIpc) is 3.19. The number of hydrogen-bond donors (Lipinski definition) is 1. The Balaban J connectivity index is 1.30. The lowest BCUT2D eigenvalue weighted by Gasteiger charge is -2.39. The van der Waals surface area contributed by atoms with Crippen LogP contribution in [0.3, 0.4) is 0 Å². The number of rotatable bonds is 3. The third-order valence-electron chi connectivity index (χ3n) is 5.90. The number of nitrogens with one attached hydrogen (secondary N) is 1. The van der Waals surface area contributed by atoms with Crippen molar-refractivity contribution in [1.29, 1.82) is 0 Å². The fourth-order valence-corrected chi connectivity index (χ4v) is 4.52. The summed E-state index contributed by atoms with van der Waals surface area (Å²) in [7, 11) is 1.82. The minimum atomic E-state index is -0.394. The predicted molar refractivity (Wildman–Crippen MR) is 103 cm³/mol. The lowest BCUT2D eigenvalue weighted by Crippen LogP contribution is -2.51. The largest absolute Gasteiger partial charge is 0.442 e. The molecule has 2 unspecified atom stereocenters. The van der Waals surface area contributed by atoms with Gasteiger partial charge >= 0.3 is 12.1 Å². The summed E-state index contributed by atoms with van der Waals surface area (Å²) < 4.78 is 5.39. The summed E-state index contributed by atoms with van der Waals surface area (Å²) in [6.07, 6.45) is 1.61. The van der Waals surface area contributed by atoms with Gasteiger partial charge in [0.05, 0.1) is 13.1 Å². The minimum absolute atomic E-state index is 0.120. The number of ether oxygens (including phenoxy) is 1. The van der Waals surface area contributed by atoms with Gasteiger partial charge in [-0.15, -0.1) is 0 Å². The highest BCUT2D eigenvalue weighted by Gasteiger charge is 2.45. The monoisotopic (exact) mass is 386 g/mol. The van der Waals surface area contributed by atoms with Crippen LogP contribution >= 0.6 is 0 Å². The van der Waals surface area contributed by atoms with Gasteiger partial charge in [0, 0.05) is 44.2 Å². The molecule has 3 aliphatic rings. The molecule has 8 nitrogen and oxygen atoms in total. The number of benzene rings is 1. The summed E-state index contributed by atoms with van der Waals surface area (Å²) in [6.45, 7) is 2.67. The Morgan fingerprint density at radius 3 is 2.75 bits per heavy atom. The van der Waals surface area contributed by atoms with Gasteiger partial charge in [0.1, 0.15) is 6.10 Å². The second kappa shape index (κ2) is 7.33. The summed E-state index contributed by atoms with van der Waals surface area (Å²) in [5, 5.41) is 2.90. The first kappa shape index (κ1) is 18.6. The molecule has 3 heterocycles. The summed E-state index contributed by atoms with van der Waals surface area (Å²) in [4.78, 5) is 41.8. The Bertz CT molecular complexity index is 771. The molecule has 3 saturated heterocycles. The lowest BCUT2D eigenvalue weighted by atomic mass is 9.79. The van der Waals surface area contributed by atoms with Crippen LogP contribution in [-0.4, -0.2) is 73.7 Å². The van der Waals surface area contributed by atoms with Gasteiger partial charge in [-0.25, -0.2) is 9.59 Å². The molecule has 0 radical (unpaired) electrons. The summed E-state index contributed by atoms with van der Waals surface area (Å²) >= 11 is 0. The zero-order valence-corrected chi connectivity index (χ0v) is 16.1. The Kier molecular flexibility index (Phi) is 4.87. The molecule has 2 atom stereocenters. The first-order valence-corrected chi connectivity index (χ1v) is 9.76. The molecule has 0 aliphatic carbocycles. The van der Waals surface area contributed by atoms with Crippen LogP contribution in [0.2, 0.25) is 0 Å². The van der Waals surface area contributed by atoms with E-state index in [2.05, 4.69) is 5.32 Å². The van der Waals surface area contributed by atoms with E-state index in [0.717, 1.165) is 18.5 Å². The number of cyclic esters (lactones) is 1. The zero-order valence-electron chi connectivity index (χ0n) is 16.1. The third kappa shape index (κ3) is 3.63. The van der Waals surface area contributed by atoms with Gasteiger partial charge < -0.3 is 19.9 Å². The SMILES string of the molecule is CN1CC2(CCCN(C(=O)NCC3CN(c4ccccc4)C(=O)O3)C2)CC1=O. The van der Waals surface area contributed by atoms with E-state index >= 15 is 0 Å². The number of piperidine rings is 1. The number of amides is 4. The van der Waals surface area contributed by atoms with Gasteiger partial charge in [0.25, 0.3) is 0 Å². The number of hydrogen-bond acceptors (Lipinski definition) is 4. The van der Waals surface area contributed by atoms with Crippen LogP contribution < -0.4 is 10.2 Å². The van der Waals surface area contributed by atoms with Gasteiger partial charge in [0.15, 0.2) is 0 Å². The Morgan fingerprint density at radius 1 is 1.25 bits per heavy atom. The summed E-state index contributed by atoms with van der Waals surface area (Å²) in [5.41, 5.74) is 0.667. The van der Waals surface area contributed by atoms with Crippen LogP contribution in [0, 0.1) is 5.41 Å². The second-order valence-corrected chi connectivity index (χ2v) is 8.09. The standard InChI is InChI=1S/C20H26N4O4/c1-22-13-20(10-17(22)25)8-5-9-23(14-20)18(26)21-11-16-12-24(19(27)28-16)15-6-3-2-4-7-15/h2-4,6-7,16H,5,8-14H2,1H3,(H,21,26). The normalized spacial score (nSPS) is 27.5. The van der Waals surface area contributed by atoms with E-state index in [1.165, 1.54) is 0 Å². The van der Waals surface area contributed by atoms with Crippen LogP contribution in [0.4, 0.5) is 15.3 Å². The smallest absolute Gasteiger partial charge is 0.414 e. The van der Waals surface area contributed by atoms with E-state index in [0.29, 0.717) is 32.6 Å². The highest BCUT2D eigenvalue weighted by Crippen LogP contribution is 2.39. The van der Waals surface area contributed by atoms with Gasteiger partial charge in [-0.1, -0.05) is 18.2 Å². The molecule has 0 saturated carbocycles. The second-order valence-electron chi connectivity index (χ2n) is 8.09. The molecule has 1 aromatic rings. The maximum atomic E-state index is 12.7. The van der Waals surface area contributed by atoms with E-state index in [4.69, 9.17) is 4.74 Å². The lowest BCUT2D eigenvalue weighted by molar-refractivity contribution is -0.126. The highest BCUT2D eigenvalue weighted by atomic mass is 16.6. The molecule has 1 N–H and O–H groups in total. The molecule has 4 rings (SSSR count). The number of carbonyl (C=O) groups is 3. The Hall–Kier alpha value is -2.77. The number of para-hydroxylation sites is 1. The molecular formula is C20H26N4O4. The maximum Gasteiger partial charge on any atom is 0.414 e. The summed E-state index contributed by atoms with van der Waals surface area (Å²) in [5.74, 6) is 0.154. The first-order chi connectivity index (χ1) is 13.5. The molecule has 150 valence electrons. The van der Waals surface area contributed by atoms with Crippen molar-refractivity contribution >= 4 is 23.7 Å². The summed E-state index contributed by atoms with van der Waals surface area (Å²) in [6, 6.07) is 9.19. The van der Waals surface area contributed by atoms with Crippen LogP contribution in [0.25, 0.3) is 0 Å². The average molecular weight is 386 g/mol. The van der Waals surface area contributed by atoms with E-state index < -0.39 is 6.09 Å². The van der Waals surface area contributed by atoms with Crippen molar-refractivity contribution < 1.29 is 19.1 Å². The van der Waals surface area contributed by atoms with Gasteiger partial charge in [-0.2, -0.15) is 0 Å². The number of urea groups is 1. The fraction of sp³-hybridized carbons (Fsp3) is 0.550. The Morgan fingerprint density at radius 2 is 2.04 bits per heavy atom. The molecule has 0 bridgehead atoms. The maximum absolute atomic E-state index is 12.7. The van der Waals surface area contributed by atoms with Crippen molar-refractivity contribution in [2.45, 2.75) is 25.4 Å². The van der Waals surface area contributed by atoms with Crippen LogP contribution in [-0.2, 0) is 9.53 Å². The van der Waals surface area contributed by atoms with Crippen molar-refractivity contribution in [2.75, 3.05) is 44.7 Å². The Labute approximate surface area is 164 Å². The van der Waals surface area contributed by atoms with E-state index in [9.17, 15) is 14.4 Å². The molecule has 3 aliphatic heterocycles. The third-order valence-corrected chi connectivity index (χ3v) is 5.90. The van der Waals surface area contributed by atoms with Crippen LogP contribution in [0.5, 0.6) is 0 Å². The number of anilines is 1. The molecule has 8 heteroatoms. The van der Waals surface area contributed by atoms with E-state index in [1.54, 1.807) is 14.7 Å². The van der Waals surface area contributed by atoms with Crippen molar-refractivity contribution in [3.63, 3.8) is 0 Å². The molecule has 1 spiro atoms. The van der Waals surface area contributed by atoms with Crippen molar-refractivity contribution in [3.8, 4) is 0 Å². The topological polar surface area (TPSA) is 82.2 Å². The molecular weight excluding hydrogens is 360 g/mol. The number of carbonyl (C=O) groups excluding carboxylic acids is 3. The van der Waals surface area contributed by atoms with Gasteiger partial charge in [-0.05, 0) is 25.0 Å². The highest BCUT2D eigenvalue weighted by molar-refractivity contribution is 5.89. The van der Waals surface area contributed by atoms with Crippen molar-refractivity contribution in [1.82, 2.24) is 15.1 Å². The minimum Gasteiger partial charge on any atom is -0.442 e. The van der Waals surface area contributed by atoms with Crippen LogP contribution in [0.1, 0.15) is 19.3 Å². The molecule has 1 aromatic carbocycles. The number of likely N-dealkylation sites (tertiary alicyclic amines) is 2. The molecule has 4 amide bonds. The van der Waals surface area contributed by atoms with Gasteiger partial charge in [0.2, 0.25) is 5.91 Å². The molecule has 0 aromatic heterocycles. The van der Waals surface area contributed by atoms with Gasteiger partial charge in [-0.3, -0.25) is 9.69 Å². The zero-order chi connectivity index (χ0) is 19.7. The molecule has 28 heavy (non-hydrogen) atoms. The fourth-order valence-electron chi connectivity index (χ4n) is 4.52. The quantitative estimate of drug-likeness (QED) is 0.857. The van der Waals surface area contributed by atoms with E-state index in [-0.39, 0.29) is 30.0 Å². The first-order valence-electron chi connectivity index (χ1n) is 9.76. The van der Waals surface area contributed by atoms with Crippen molar-refractivity contribution in [3.05, 3.63) is 30.3 Å².